The minimum absolute atomic E-state index is 0.0170. The molecule has 1 saturated heterocycles. The van der Waals surface area contributed by atoms with Crippen molar-refractivity contribution in [3.8, 4) is 22.1 Å². The van der Waals surface area contributed by atoms with Crippen LogP contribution in [0.5, 0.6) is 0 Å². The molecule has 4 aromatic rings. The third-order valence-electron chi connectivity index (χ3n) is 5.77. The number of hydrogen-bond acceptors (Lipinski definition) is 8. The molecule has 0 bridgehead atoms. The van der Waals surface area contributed by atoms with Crippen LogP contribution in [0.25, 0.3) is 33.0 Å². The molecule has 8 nitrogen and oxygen atoms in total. The van der Waals surface area contributed by atoms with Gasteiger partial charge in [0.05, 0.1) is 5.52 Å². The molecular formula is C26H28N6O2S. The zero-order chi connectivity index (χ0) is 24.4. The first-order valence-electron chi connectivity index (χ1n) is 11.7. The van der Waals surface area contributed by atoms with Crippen molar-refractivity contribution in [1.29, 1.82) is 0 Å². The minimum atomic E-state index is -0.519. The number of alkyl carbamates (subject to hydrolysis) is 1. The van der Waals surface area contributed by atoms with Crippen LogP contribution in [0.2, 0.25) is 0 Å². The molecule has 0 spiro atoms. The van der Waals surface area contributed by atoms with E-state index in [9.17, 15) is 4.79 Å². The van der Waals surface area contributed by atoms with Crippen LogP contribution in [-0.4, -0.2) is 50.8 Å². The van der Waals surface area contributed by atoms with Crippen LogP contribution in [0.1, 0.15) is 33.6 Å². The molecule has 4 heterocycles. The molecule has 5 rings (SSSR count). The second-order valence-electron chi connectivity index (χ2n) is 9.60. The lowest BCUT2D eigenvalue weighted by atomic mass is 10.0. The molecular weight excluding hydrogens is 460 g/mol. The van der Waals surface area contributed by atoms with Gasteiger partial charge in [-0.05, 0) is 63.9 Å². The number of ether oxygens (including phenoxy) is 1. The van der Waals surface area contributed by atoms with E-state index >= 15 is 0 Å². The molecule has 35 heavy (non-hydrogen) atoms. The first-order valence-corrected chi connectivity index (χ1v) is 12.6. The van der Waals surface area contributed by atoms with Gasteiger partial charge in [0.1, 0.15) is 16.3 Å². The summed E-state index contributed by atoms with van der Waals surface area (Å²) >= 11 is 1.55. The van der Waals surface area contributed by atoms with Crippen LogP contribution < -0.4 is 10.2 Å². The van der Waals surface area contributed by atoms with E-state index in [2.05, 4.69) is 31.2 Å². The average molecular weight is 489 g/mol. The van der Waals surface area contributed by atoms with Crippen molar-refractivity contribution in [3.63, 3.8) is 0 Å². The highest BCUT2D eigenvalue weighted by Crippen LogP contribution is 2.31. The van der Waals surface area contributed by atoms with E-state index in [4.69, 9.17) is 9.72 Å². The summed E-state index contributed by atoms with van der Waals surface area (Å²) in [5, 5.41) is 6.88. The number of piperidine rings is 1. The van der Waals surface area contributed by atoms with E-state index in [-0.39, 0.29) is 12.1 Å². The summed E-state index contributed by atoms with van der Waals surface area (Å²) in [4.78, 5) is 32.8. The van der Waals surface area contributed by atoms with Crippen LogP contribution in [0.3, 0.4) is 0 Å². The number of benzene rings is 1. The fraction of sp³-hybridized carbons (Fsp3) is 0.346. The number of thiazole rings is 1. The van der Waals surface area contributed by atoms with Crippen molar-refractivity contribution in [3.05, 3.63) is 54.3 Å². The van der Waals surface area contributed by atoms with Crippen LogP contribution >= 0.6 is 11.3 Å². The Morgan fingerprint density at radius 1 is 1.11 bits per heavy atom. The topological polar surface area (TPSA) is 93.1 Å². The van der Waals surface area contributed by atoms with Crippen molar-refractivity contribution in [2.24, 2.45) is 0 Å². The summed E-state index contributed by atoms with van der Waals surface area (Å²) in [6.45, 7) is 7.23. The fourth-order valence-electron chi connectivity index (χ4n) is 4.30. The second kappa shape index (κ2) is 9.58. The molecule has 1 atom stereocenters. The quantitative estimate of drug-likeness (QED) is 0.416. The van der Waals surface area contributed by atoms with Gasteiger partial charge in [-0.25, -0.2) is 19.7 Å². The fourth-order valence-corrected chi connectivity index (χ4v) is 4.91. The van der Waals surface area contributed by atoms with Gasteiger partial charge in [0.25, 0.3) is 0 Å². The smallest absolute Gasteiger partial charge is 0.407 e. The molecule has 1 N–H and O–H groups in total. The molecule has 0 saturated carbocycles. The van der Waals surface area contributed by atoms with Gasteiger partial charge in [-0.1, -0.05) is 0 Å². The van der Waals surface area contributed by atoms with E-state index in [0.717, 1.165) is 52.2 Å². The lowest BCUT2D eigenvalue weighted by Crippen LogP contribution is -2.49. The van der Waals surface area contributed by atoms with Gasteiger partial charge < -0.3 is 15.0 Å². The highest BCUT2D eigenvalue weighted by Gasteiger charge is 2.25. The van der Waals surface area contributed by atoms with Crippen LogP contribution in [0, 0.1) is 0 Å². The first kappa shape index (κ1) is 23.2. The third kappa shape index (κ3) is 5.40. The van der Waals surface area contributed by atoms with E-state index in [1.165, 1.54) is 0 Å². The van der Waals surface area contributed by atoms with Gasteiger partial charge in [0.2, 0.25) is 0 Å². The maximum absolute atomic E-state index is 12.3. The maximum Gasteiger partial charge on any atom is 0.407 e. The molecule has 9 heteroatoms. The number of pyridine rings is 1. The predicted molar refractivity (Wildman–Crippen MR) is 138 cm³/mol. The number of carbonyl (C=O) groups excluding carboxylic acids is 1. The number of anilines is 1. The zero-order valence-electron chi connectivity index (χ0n) is 20.1. The standard InChI is InChI=1S/C26H28N6O2S/c1-26(2,3)34-25(33)30-18-5-4-13-32(16-18)22-9-11-27-20-7-6-17(15-19(20)22)23-28-10-8-21(31-23)24-29-12-14-35-24/h6-12,14-15,18H,4-5,13,16H2,1-3H3,(H,30,33)/t18-/m0/s1. The van der Waals surface area contributed by atoms with Crippen LogP contribution in [0.4, 0.5) is 10.5 Å². The van der Waals surface area contributed by atoms with E-state index in [1.54, 1.807) is 23.7 Å². The summed E-state index contributed by atoms with van der Waals surface area (Å²) < 4.78 is 5.46. The number of fused-ring (bicyclic) bond motifs is 1. The van der Waals surface area contributed by atoms with Gasteiger partial charge in [0, 0.05) is 59.7 Å². The lowest BCUT2D eigenvalue weighted by molar-refractivity contribution is 0.0500. The average Bonchev–Trinajstić information content (AvgIpc) is 3.37. The molecule has 1 aliphatic rings. The highest BCUT2D eigenvalue weighted by atomic mass is 32.1. The molecule has 180 valence electrons. The van der Waals surface area contributed by atoms with Crippen molar-refractivity contribution in [2.45, 2.75) is 45.3 Å². The van der Waals surface area contributed by atoms with Gasteiger partial charge in [-0.15, -0.1) is 11.3 Å². The molecule has 1 aliphatic heterocycles. The molecule has 3 aromatic heterocycles. The Hall–Kier alpha value is -3.59. The van der Waals surface area contributed by atoms with Crippen molar-refractivity contribution >= 4 is 34.0 Å². The predicted octanol–water partition coefficient (Wildman–Crippen LogP) is 5.31. The van der Waals surface area contributed by atoms with Crippen molar-refractivity contribution < 1.29 is 9.53 Å². The number of amides is 1. The minimum Gasteiger partial charge on any atom is -0.444 e. The lowest BCUT2D eigenvalue weighted by Gasteiger charge is -2.35. The van der Waals surface area contributed by atoms with Gasteiger partial charge >= 0.3 is 6.09 Å². The number of rotatable bonds is 4. The summed E-state index contributed by atoms with van der Waals surface area (Å²) in [5.41, 5.74) is 3.21. The summed E-state index contributed by atoms with van der Waals surface area (Å²) in [7, 11) is 0. The number of aromatic nitrogens is 4. The Labute approximate surface area is 208 Å². The summed E-state index contributed by atoms with van der Waals surface area (Å²) in [6.07, 6.45) is 6.90. The molecule has 1 amide bonds. The molecule has 1 aromatic carbocycles. The highest BCUT2D eigenvalue weighted by molar-refractivity contribution is 7.13. The van der Waals surface area contributed by atoms with Crippen molar-refractivity contribution in [1.82, 2.24) is 25.3 Å². The van der Waals surface area contributed by atoms with Crippen LogP contribution in [-0.2, 0) is 4.74 Å². The number of carbonyl (C=O) groups is 1. The Bertz CT molecular complexity index is 1340. The Morgan fingerprint density at radius 2 is 1.97 bits per heavy atom. The normalized spacial score (nSPS) is 16.3. The van der Waals surface area contributed by atoms with Gasteiger partial charge in [0.15, 0.2) is 5.82 Å². The molecule has 0 unspecified atom stereocenters. The van der Waals surface area contributed by atoms with Gasteiger partial charge in [-0.2, -0.15) is 0 Å². The van der Waals surface area contributed by atoms with E-state index in [1.807, 2.05) is 56.6 Å². The summed E-state index contributed by atoms with van der Waals surface area (Å²) in [6, 6.07) is 10.0. The molecule has 0 aliphatic carbocycles. The zero-order valence-corrected chi connectivity index (χ0v) is 20.9. The Balaban J connectivity index is 1.42. The largest absolute Gasteiger partial charge is 0.444 e. The second-order valence-corrected chi connectivity index (χ2v) is 10.5. The number of hydrogen-bond donors (Lipinski definition) is 1. The Kier molecular flexibility index (Phi) is 6.34. The summed E-state index contributed by atoms with van der Waals surface area (Å²) in [5.74, 6) is 0.650. The van der Waals surface area contributed by atoms with Gasteiger partial charge in [-0.3, -0.25) is 4.98 Å². The van der Waals surface area contributed by atoms with Crippen LogP contribution in [0.15, 0.2) is 54.3 Å². The van der Waals surface area contributed by atoms with Crippen molar-refractivity contribution in [2.75, 3.05) is 18.0 Å². The first-order chi connectivity index (χ1) is 16.9. The number of nitrogens with zero attached hydrogens (tertiary/aromatic N) is 5. The molecule has 1 fully saturated rings. The monoisotopic (exact) mass is 488 g/mol. The Morgan fingerprint density at radius 3 is 2.77 bits per heavy atom. The number of nitrogens with one attached hydrogen (secondary N) is 1. The molecule has 0 radical (unpaired) electrons. The maximum atomic E-state index is 12.3. The SMILES string of the molecule is CC(C)(C)OC(=O)N[C@H]1CCCN(c2ccnc3ccc(-c4nccc(-c5nccs5)n4)cc23)C1. The third-order valence-corrected chi connectivity index (χ3v) is 6.56. The van der Waals surface area contributed by atoms with E-state index < -0.39 is 5.60 Å². The van der Waals surface area contributed by atoms with E-state index in [0.29, 0.717) is 12.4 Å².